The molecule has 0 saturated heterocycles. The van der Waals surface area contributed by atoms with Crippen molar-refractivity contribution in [1.29, 1.82) is 0 Å². The Morgan fingerprint density at radius 1 is 1.08 bits per heavy atom. The van der Waals surface area contributed by atoms with Crippen molar-refractivity contribution in [2.45, 2.75) is 95.6 Å². The molecule has 25 heavy (non-hydrogen) atoms. The van der Waals surface area contributed by atoms with Gasteiger partial charge in [-0.2, -0.15) is 10.1 Å². The molecule has 3 fully saturated rings. The van der Waals surface area contributed by atoms with E-state index in [9.17, 15) is 4.79 Å². The van der Waals surface area contributed by atoms with Crippen molar-refractivity contribution in [2.24, 2.45) is 11.8 Å². The molecule has 0 N–H and O–H groups in total. The topological polar surface area (TPSA) is 51.0 Å². The van der Waals surface area contributed by atoms with Gasteiger partial charge in [0.15, 0.2) is 5.82 Å². The van der Waals surface area contributed by atoms with Crippen LogP contribution in [0.4, 0.5) is 5.95 Å². The van der Waals surface area contributed by atoms with Gasteiger partial charge in [0.25, 0.3) is 0 Å². The third kappa shape index (κ3) is 2.30. The van der Waals surface area contributed by atoms with Crippen molar-refractivity contribution in [2.75, 3.05) is 4.90 Å². The van der Waals surface area contributed by atoms with Crippen LogP contribution in [0.1, 0.15) is 83.4 Å². The summed E-state index contributed by atoms with van der Waals surface area (Å²) < 4.78 is 2.25. The van der Waals surface area contributed by atoms with Crippen LogP contribution in [0.25, 0.3) is 0 Å². The molecule has 1 spiro atoms. The van der Waals surface area contributed by atoms with E-state index in [-0.39, 0.29) is 11.5 Å². The van der Waals surface area contributed by atoms with E-state index in [0.717, 1.165) is 37.5 Å². The number of amides is 1. The molecule has 3 aliphatic carbocycles. The molecular formula is C20H30N4O. The second-order valence-electron chi connectivity index (χ2n) is 8.70. The molecule has 2 atom stereocenters. The lowest BCUT2D eigenvalue weighted by Crippen LogP contribution is -2.61. The largest absolute Gasteiger partial charge is 0.277 e. The van der Waals surface area contributed by atoms with Crippen LogP contribution in [0.15, 0.2) is 0 Å². The molecule has 3 saturated carbocycles. The summed E-state index contributed by atoms with van der Waals surface area (Å²) in [5.74, 6) is 2.95. The number of anilines is 1. The van der Waals surface area contributed by atoms with Gasteiger partial charge in [0.05, 0.1) is 5.54 Å². The van der Waals surface area contributed by atoms with Crippen LogP contribution in [0.5, 0.6) is 0 Å². The highest BCUT2D eigenvalue weighted by atomic mass is 16.2. The predicted octanol–water partition coefficient (Wildman–Crippen LogP) is 3.82. The molecule has 1 aromatic heterocycles. The first-order valence-corrected chi connectivity index (χ1v) is 10.5. The average Bonchev–Trinajstić information content (AvgIpc) is 3.42. The third-order valence-electron chi connectivity index (χ3n) is 7.22. The summed E-state index contributed by atoms with van der Waals surface area (Å²) in [7, 11) is 0. The highest BCUT2D eigenvalue weighted by molar-refractivity contribution is 5.96. The zero-order chi connectivity index (χ0) is 17.0. The van der Waals surface area contributed by atoms with E-state index in [2.05, 4.69) is 16.5 Å². The quantitative estimate of drug-likeness (QED) is 0.821. The van der Waals surface area contributed by atoms with Crippen molar-refractivity contribution in [3.63, 3.8) is 0 Å². The molecule has 4 aliphatic rings. The van der Waals surface area contributed by atoms with Gasteiger partial charge < -0.3 is 0 Å². The number of rotatable bonds is 2. The lowest BCUT2D eigenvalue weighted by molar-refractivity contribution is -0.122. The van der Waals surface area contributed by atoms with Gasteiger partial charge in [-0.3, -0.25) is 9.69 Å². The maximum Gasteiger partial charge on any atom is 0.232 e. The van der Waals surface area contributed by atoms with Crippen LogP contribution in [-0.2, 0) is 16.8 Å². The molecule has 1 aromatic rings. The SMILES string of the molecule is CCc1nc2n(n1)C1(CCCCC1)[C@@H]1CCCC[C@@H]1N2C(=O)C1CC1. The molecule has 5 rings (SSSR count). The van der Waals surface area contributed by atoms with E-state index in [4.69, 9.17) is 10.1 Å². The van der Waals surface area contributed by atoms with Gasteiger partial charge >= 0.3 is 0 Å². The molecule has 0 aromatic carbocycles. The number of carbonyl (C=O) groups is 1. The van der Waals surface area contributed by atoms with Crippen molar-refractivity contribution in [1.82, 2.24) is 14.8 Å². The molecule has 0 unspecified atom stereocenters. The summed E-state index contributed by atoms with van der Waals surface area (Å²) in [6.07, 6.45) is 14.3. The summed E-state index contributed by atoms with van der Waals surface area (Å²) in [6, 6.07) is 0.362. The number of nitrogens with zero attached hydrogens (tertiary/aromatic N) is 4. The zero-order valence-electron chi connectivity index (χ0n) is 15.4. The normalized spacial score (nSPS) is 30.8. The molecule has 1 amide bonds. The minimum Gasteiger partial charge on any atom is -0.277 e. The number of carbonyl (C=O) groups excluding carboxylic acids is 1. The molecule has 5 heteroatoms. The van der Waals surface area contributed by atoms with Crippen LogP contribution in [-0.4, -0.2) is 26.7 Å². The van der Waals surface area contributed by atoms with E-state index in [1.807, 2.05) is 0 Å². The van der Waals surface area contributed by atoms with E-state index in [1.165, 1.54) is 51.4 Å². The summed E-state index contributed by atoms with van der Waals surface area (Å²) >= 11 is 0. The average molecular weight is 342 g/mol. The molecule has 1 aliphatic heterocycles. The minimum absolute atomic E-state index is 0.124. The summed E-state index contributed by atoms with van der Waals surface area (Å²) in [5.41, 5.74) is 0.124. The molecule has 2 heterocycles. The summed E-state index contributed by atoms with van der Waals surface area (Å²) in [4.78, 5) is 20.2. The van der Waals surface area contributed by atoms with E-state index >= 15 is 0 Å². The Kier molecular flexibility index (Phi) is 3.68. The molecular weight excluding hydrogens is 312 g/mol. The van der Waals surface area contributed by atoms with Crippen molar-refractivity contribution < 1.29 is 4.79 Å². The third-order valence-corrected chi connectivity index (χ3v) is 7.22. The van der Waals surface area contributed by atoms with Gasteiger partial charge in [-0.25, -0.2) is 4.68 Å². The first-order valence-electron chi connectivity index (χ1n) is 10.5. The van der Waals surface area contributed by atoms with Crippen LogP contribution in [0.2, 0.25) is 0 Å². The second kappa shape index (κ2) is 5.82. The lowest BCUT2D eigenvalue weighted by Gasteiger charge is -2.55. The number of aryl methyl sites for hydroxylation is 1. The number of aromatic nitrogens is 3. The zero-order valence-corrected chi connectivity index (χ0v) is 15.4. The molecule has 5 nitrogen and oxygen atoms in total. The Bertz CT molecular complexity index is 671. The van der Waals surface area contributed by atoms with Gasteiger partial charge in [-0.1, -0.05) is 39.0 Å². The van der Waals surface area contributed by atoms with E-state index in [0.29, 0.717) is 17.9 Å². The molecule has 0 radical (unpaired) electrons. The summed E-state index contributed by atoms with van der Waals surface area (Å²) in [5, 5.41) is 4.96. The van der Waals surface area contributed by atoms with Crippen LogP contribution in [0, 0.1) is 11.8 Å². The molecule has 0 bridgehead atoms. The second-order valence-corrected chi connectivity index (χ2v) is 8.70. The molecule has 136 valence electrons. The maximum absolute atomic E-state index is 13.2. The monoisotopic (exact) mass is 342 g/mol. The standard InChI is InChI=1S/C20H30N4O/c1-2-17-21-19-23(18(25)14-10-11-14)16-9-5-4-8-15(16)20(24(19)22-17)12-6-3-7-13-20/h14-16H,2-13H2,1H3/t15-,16+/m1/s1. The maximum atomic E-state index is 13.2. The van der Waals surface area contributed by atoms with Crippen LogP contribution < -0.4 is 4.90 Å². The highest BCUT2D eigenvalue weighted by Gasteiger charge is 2.56. The van der Waals surface area contributed by atoms with Crippen LogP contribution >= 0.6 is 0 Å². The highest BCUT2D eigenvalue weighted by Crippen LogP contribution is 2.53. The fourth-order valence-electron chi connectivity index (χ4n) is 5.84. The smallest absolute Gasteiger partial charge is 0.232 e. The first-order chi connectivity index (χ1) is 12.2. The fourth-order valence-corrected chi connectivity index (χ4v) is 5.84. The van der Waals surface area contributed by atoms with E-state index in [1.54, 1.807) is 0 Å². The van der Waals surface area contributed by atoms with Gasteiger partial charge in [-0.05, 0) is 38.5 Å². The van der Waals surface area contributed by atoms with Gasteiger partial charge in [0.1, 0.15) is 0 Å². The van der Waals surface area contributed by atoms with Crippen molar-refractivity contribution in [3.8, 4) is 0 Å². The Hall–Kier alpha value is -1.39. The van der Waals surface area contributed by atoms with Gasteiger partial charge in [0.2, 0.25) is 11.9 Å². The Balaban J connectivity index is 1.67. The van der Waals surface area contributed by atoms with Crippen LogP contribution in [0.3, 0.4) is 0 Å². The van der Waals surface area contributed by atoms with Crippen molar-refractivity contribution >= 4 is 11.9 Å². The van der Waals surface area contributed by atoms with Crippen molar-refractivity contribution in [3.05, 3.63) is 5.82 Å². The number of hydrogen-bond donors (Lipinski definition) is 0. The Morgan fingerprint density at radius 3 is 2.56 bits per heavy atom. The van der Waals surface area contributed by atoms with E-state index < -0.39 is 0 Å². The lowest BCUT2D eigenvalue weighted by atomic mass is 9.64. The number of hydrogen-bond acceptors (Lipinski definition) is 3. The predicted molar refractivity (Wildman–Crippen MR) is 96.4 cm³/mol. The number of fused-ring (bicyclic) bond motifs is 4. The first kappa shape index (κ1) is 15.8. The van der Waals surface area contributed by atoms with Gasteiger partial charge in [-0.15, -0.1) is 0 Å². The fraction of sp³-hybridized carbons (Fsp3) is 0.850. The summed E-state index contributed by atoms with van der Waals surface area (Å²) in [6.45, 7) is 2.12. The Morgan fingerprint density at radius 2 is 1.84 bits per heavy atom. The minimum atomic E-state index is 0.124. The van der Waals surface area contributed by atoms with Gasteiger partial charge in [0, 0.05) is 24.3 Å². The Labute approximate surface area is 150 Å².